The van der Waals surface area contributed by atoms with Crippen molar-refractivity contribution < 1.29 is 4.74 Å². The molecule has 0 saturated heterocycles. The van der Waals surface area contributed by atoms with Gasteiger partial charge in [0.15, 0.2) is 0 Å². The molecule has 0 spiro atoms. The van der Waals surface area contributed by atoms with Crippen LogP contribution in [0.25, 0.3) is 5.69 Å². The van der Waals surface area contributed by atoms with Crippen LogP contribution in [0.2, 0.25) is 0 Å². The topological polar surface area (TPSA) is 39.1 Å². The van der Waals surface area contributed by atoms with Gasteiger partial charge in [-0.3, -0.25) is 4.57 Å². The van der Waals surface area contributed by atoms with Crippen molar-refractivity contribution in [3.05, 3.63) is 49.3 Å². The van der Waals surface area contributed by atoms with E-state index in [1.54, 1.807) is 19.4 Å². The smallest absolute Gasteiger partial charge is 0.207 e. The molecule has 0 aliphatic heterocycles. The number of imidazole rings is 1. The van der Waals surface area contributed by atoms with Gasteiger partial charge in [0.1, 0.15) is 5.75 Å². The second kappa shape index (κ2) is 5.21. The van der Waals surface area contributed by atoms with Gasteiger partial charge in [0, 0.05) is 25.0 Å². The summed E-state index contributed by atoms with van der Waals surface area (Å²) in [6.07, 6.45) is 5.45. The Bertz CT molecular complexity index is 505. The molecule has 0 fully saturated rings. The number of aromatic nitrogens is 2. The van der Waals surface area contributed by atoms with E-state index in [1.807, 2.05) is 35.0 Å². The minimum Gasteiger partial charge on any atom is -0.497 e. The first-order valence-electron chi connectivity index (χ1n) is 5.37. The Morgan fingerprint density at radius 2 is 2.41 bits per heavy atom. The molecule has 2 aromatic rings. The van der Waals surface area contributed by atoms with Crippen molar-refractivity contribution in [2.24, 2.45) is 0 Å². The van der Waals surface area contributed by atoms with Crippen molar-refractivity contribution in [3.63, 3.8) is 0 Å². The third-order valence-corrected chi connectivity index (χ3v) is 2.38. The number of anilines is 1. The average Bonchev–Trinajstić information content (AvgIpc) is 2.84. The largest absolute Gasteiger partial charge is 0.497 e. The standard InChI is InChI=1S/C13H15N3O/c1-3-7-14-13-15-8-9-16(13)11-5-4-6-12(10-11)17-2/h3-6,8-10H,1,7H2,2H3,(H,14,15). The number of hydrogen-bond donors (Lipinski definition) is 1. The molecule has 0 amide bonds. The molecule has 4 nitrogen and oxygen atoms in total. The molecule has 4 heteroatoms. The summed E-state index contributed by atoms with van der Waals surface area (Å²) in [6, 6.07) is 7.83. The third kappa shape index (κ3) is 2.47. The summed E-state index contributed by atoms with van der Waals surface area (Å²) in [5, 5.41) is 3.17. The van der Waals surface area contributed by atoms with Crippen molar-refractivity contribution in [3.8, 4) is 11.4 Å². The van der Waals surface area contributed by atoms with Crippen LogP contribution in [-0.2, 0) is 0 Å². The molecule has 1 heterocycles. The lowest BCUT2D eigenvalue weighted by Crippen LogP contribution is -2.05. The van der Waals surface area contributed by atoms with Crippen molar-refractivity contribution in [1.29, 1.82) is 0 Å². The highest BCUT2D eigenvalue weighted by molar-refractivity contribution is 5.45. The highest BCUT2D eigenvalue weighted by Gasteiger charge is 2.04. The monoisotopic (exact) mass is 229 g/mol. The van der Waals surface area contributed by atoms with Gasteiger partial charge < -0.3 is 10.1 Å². The number of rotatable bonds is 5. The van der Waals surface area contributed by atoms with Gasteiger partial charge in [-0.05, 0) is 12.1 Å². The Kier molecular flexibility index (Phi) is 3.45. The molecular formula is C13H15N3O. The number of benzene rings is 1. The zero-order valence-corrected chi connectivity index (χ0v) is 9.76. The van der Waals surface area contributed by atoms with Crippen molar-refractivity contribution in [2.75, 3.05) is 19.0 Å². The highest BCUT2D eigenvalue weighted by atomic mass is 16.5. The fourth-order valence-electron chi connectivity index (χ4n) is 1.57. The predicted molar refractivity (Wildman–Crippen MR) is 68.8 cm³/mol. The molecule has 0 saturated carbocycles. The number of ether oxygens (including phenoxy) is 1. The van der Waals surface area contributed by atoms with Crippen LogP contribution in [0.5, 0.6) is 5.75 Å². The van der Waals surface area contributed by atoms with Crippen molar-refractivity contribution in [2.45, 2.75) is 0 Å². The first kappa shape index (κ1) is 11.3. The van der Waals surface area contributed by atoms with Crippen LogP contribution >= 0.6 is 0 Å². The number of nitrogens with zero attached hydrogens (tertiary/aromatic N) is 2. The van der Waals surface area contributed by atoms with Crippen LogP contribution in [0, 0.1) is 0 Å². The van der Waals surface area contributed by atoms with Gasteiger partial charge in [0.2, 0.25) is 5.95 Å². The van der Waals surface area contributed by atoms with Crippen LogP contribution in [0.4, 0.5) is 5.95 Å². The summed E-state index contributed by atoms with van der Waals surface area (Å²) in [7, 11) is 1.66. The van der Waals surface area contributed by atoms with Crippen LogP contribution in [0.3, 0.4) is 0 Å². The Morgan fingerprint density at radius 3 is 3.18 bits per heavy atom. The molecule has 17 heavy (non-hydrogen) atoms. The van der Waals surface area contributed by atoms with Crippen LogP contribution in [0.1, 0.15) is 0 Å². The van der Waals surface area contributed by atoms with Gasteiger partial charge in [0.25, 0.3) is 0 Å². The lowest BCUT2D eigenvalue weighted by molar-refractivity contribution is 0.414. The van der Waals surface area contributed by atoms with Crippen LogP contribution in [0.15, 0.2) is 49.3 Å². The highest BCUT2D eigenvalue weighted by Crippen LogP contribution is 2.19. The van der Waals surface area contributed by atoms with E-state index in [-0.39, 0.29) is 0 Å². The molecule has 0 bridgehead atoms. The maximum Gasteiger partial charge on any atom is 0.207 e. The predicted octanol–water partition coefficient (Wildman–Crippen LogP) is 2.48. The molecule has 0 radical (unpaired) electrons. The van der Waals surface area contributed by atoms with E-state index in [4.69, 9.17) is 4.74 Å². The summed E-state index contributed by atoms with van der Waals surface area (Å²) < 4.78 is 7.17. The Morgan fingerprint density at radius 1 is 1.53 bits per heavy atom. The summed E-state index contributed by atoms with van der Waals surface area (Å²) in [5.41, 5.74) is 1.01. The lowest BCUT2D eigenvalue weighted by atomic mass is 10.3. The molecule has 1 aromatic heterocycles. The molecule has 0 unspecified atom stereocenters. The molecule has 0 aliphatic rings. The van der Waals surface area contributed by atoms with Crippen molar-refractivity contribution in [1.82, 2.24) is 9.55 Å². The SMILES string of the molecule is C=CCNc1nccn1-c1cccc(OC)c1. The van der Waals surface area contributed by atoms with Gasteiger partial charge in [-0.25, -0.2) is 4.98 Å². The number of hydrogen-bond acceptors (Lipinski definition) is 3. The summed E-state index contributed by atoms with van der Waals surface area (Å²) in [4.78, 5) is 4.25. The number of methoxy groups -OCH3 is 1. The molecule has 2 rings (SSSR count). The summed E-state index contributed by atoms with van der Waals surface area (Å²) in [5.74, 6) is 1.61. The van der Waals surface area contributed by atoms with E-state index in [9.17, 15) is 0 Å². The van der Waals surface area contributed by atoms with Crippen molar-refractivity contribution >= 4 is 5.95 Å². The fraction of sp³-hybridized carbons (Fsp3) is 0.154. The molecule has 0 atom stereocenters. The molecular weight excluding hydrogens is 214 g/mol. The van der Waals surface area contributed by atoms with Gasteiger partial charge in [-0.1, -0.05) is 12.1 Å². The molecule has 0 aliphatic carbocycles. The van der Waals surface area contributed by atoms with Gasteiger partial charge in [0.05, 0.1) is 12.8 Å². The third-order valence-electron chi connectivity index (χ3n) is 2.38. The van der Waals surface area contributed by atoms with E-state index in [1.165, 1.54) is 0 Å². The second-order valence-electron chi connectivity index (χ2n) is 3.49. The normalized spacial score (nSPS) is 9.94. The van der Waals surface area contributed by atoms with E-state index in [2.05, 4.69) is 16.9 Å². The Balaban J connectivity index is 2.31. The summed E-state index contributed by atoms with van der Waals surface area (Å²) >= 11 is 0. The zero-order valence-electron chi connectivity index (χ0n) is 9.76. The first-order valence-corrected chi connectivity index (χ1v) is 5.37. The fourth-order valence-corrected chi connectivity index (χ4v) is 1.57. The van der Waals surface area contributed by atoms with E-state index >= 15 is 0 Å². The quantitative estimate of drug-likeness (QED) is 0.800. The first-order chi connectivity index (χ1) is 8.35. The molecule has 1 aromatic carbocycles. The molecule has 1 N–H and O–H groups in total. The van der Waals surface area contributed by atoms with Gasteiger partial charge in [-0.15, -0.1) is 6.58 Å². The second-order valence-corrected chi connectivity index (χ2v) is 3.49. The van der Waals surface area contributed by atoms with E-state index in [0.29, 0.717) is 6.54 Å². The Labute approximate surface area is 101 Å². The van der Waals surface area contributed by atoms with E-state index < -0.39 is 0 Å². The zero-order chi connectivity index (χ0) is 12.1. The maximum atomic E-state index is 5.20. The Hall–Kier alpha value is -2.23. The van der Waals surface area contributed by atoms with Gasteiger partial charge >= 0.3 is 0 Å². The summed E-state index contributed by atoms with van der Waals surface area (Å²) in [6.45, 7) is 4.35. The molecule has 88 valence electrons. The number of nitrogens with one attached hydrogen (secondary N) is 1. The minimum absolute atomic E-state index is 0.682. The average molecular weight is 229 g/mol. The minimum atomic E-state index is 0.682. The van der Waals surface area contributed by atoms with Crippen LogP contribution < -0.4 is 10.1 Å². The van der Waals surface area contributed by atoms with Gasteiger partial charge in [-0.2, -0.15) is 0 Å². The van der Waals surface area contributed by atoms with E-state index in [0.717, 1.165) is 17.4 Å². The maximum absolute atomic E-state index is 5.20. The van der Waals surface area contributed by atoms with Crippen LogP contribution in [-0.4, -0.2) is 23.2 Å². The lowest BCUT2D eigenvalue weighted by Gasteiger charge is -2.09.